The molecule has 0 saturated carbocycles. The molecule has 1 saturated heterocycles. The minimum absolute atomic E-state index is 0.119. The van der Waals surface area contributed by atoms with Crippen LogP contribution >= 0.6 is 0 Å². The molecule has 0 spiro atoms. The predicted octanol–water partition coefficient (Wildman–Crippen LogP) is 3.27. The van der Waals surface area contributed by atoms with Crippen LogP contribution < -0.4 is 0 Å². The summed E-state index contributed by atoms with van der Waals surface area (Å²) in [6, 6.07) is 7.00. The fourth-order valence-electron chi connectivity index (χ4n) is 2.55. The van der Waals surface area contributed by atoms with Crippen molar-refractivity contribution in [3.63, 3.8) is 0 Å². The zero-order valence-electron chi connectivity index (χ0n) is 10.2. The first-order valence-corrected chi connectivity index (χ1v) is 6.35. The van der Waals surface area contributed by atoms with E-state index in [0.717, 1.165) is 31.6 Å². The Labute approximate surface area is 103 Å². The third-order valence-corrected chi connectivity index (χ3v) is 3.51. The van der Waals surface area contributed by atoms with Gasteiger partial charge in [0.2, 0.25) is 0 Å². The van der Waals surface area contributed by atoms with Gasteiger partial charge in [-0.2, -0.15) is 0 Å². The first-order valence-electron chi connectivity index (χ1n) is 6.35. The first-order chi connectivity index (χ1) is 8.28. The maximum Gasteiger partial charge on any atom is 0.123 e. The van der Waals surface area contributed by atoms with E-state index in [-0.39, 0.29) is 5.82 Å². The van der Waals surface area contributed by atoms with Gasteiger partial charge in [-0.15, -0.1) is 6.58 Å². The lowest BCUT2D eigenvalue weighted by atomic mass is 9.90. The molecule has 2 rings (SSSR count). The Hall–Kier alpha value is -1.15. The summed E-state index contributed by atoms with van der Waals surface area (Å²) in [4.78, 5) is 2.43. The summed E-state index contributed by atoms with van der Waals surface area (Å²) < 4.78 is 13.1. The number of piperidine rings is 1. The second kappa shape index (κ2) is 5.97. The second-order valence-corrected chi connectivity index (χ2v) is 4.87. The third kappa shape index (κ3) is 3.67. The Morgan fingerprint density at radius 1 is 1.35 bits per heavy atom. The molecule has 1 aromatic carbocycles. The molecule has 0 amide bonds. The molecule has 0 aromatic heterocycles. The van der Waals surface area contributed by atoms with Crippen molar-refractivity contribution < 1.29 is 4.39 Å². The minimum atomic E-state index is -0.119. The number of hydrogen-bond donors (Lipinski definition) is 0. The summed E-state index contributed by atoms with van der Waals surface area (Å²) in [6.45, 7) is 7.05. The van der Waals surface area contributed by atoms with Crippen LogP contribution in [0.3, 0.4) is 0 Å². The number of nitrogens with zero attached hydrogens (tertiary/aromatic N) is 1. The normalized spacial score (nSPS) is 18.2. The smallest absolute Gasteiger partial charge is 0.123 e. The van der Waals surface area contributed by atoms with Crippen LogP contribution in [-0.2, 0) is 6.42 Å². The van der Waals surface area contributed by atoms with Gasteiger partial charge < -0.3 is 0 Å². The van der Waals surface area contributed by atoms with E-state index in [9.17, 15) is 4.39 Å². The number of halogens is 1. The summed E-state index contributed by atoms with van der Waals surface area (Å²) in [5.41, 5.74) is 1.13. The lowest BCUT2D eigenvalue weighted by Crippen LogP contribution is -2.34. The van der Waals surface area contributed by atoms with Crippen LogP contribution in [0.4, 0.5) is 4.39 Å². The summed E-state index contributed by atoms with van der Waals surface area (Å²) in [5.74, 6) is 0.587. The Morgan fingerprint density at radius 3 is 2.76 bits per heavy atom. The van der Waals surface area contributed by atoms with E-state index >= 15 is 0 Å². The highest BCUT2D eigenvalue weighted by molar-refractivity contribution is 5.17. The largest absolute Gasteiger partial charge is 0.300 e. The number of hydrogen-bond acceptors (Lipinski definition) is 1. The number of benzene rings is 1. The van der Waals surface area contributed by atoms with E-state index < -0.39 is 0 Å². The Bertz CT molecular complexity index is 367. The molecule has 92 valence electrons. The van der Waals surface area contributed by atoms with E-state index in [1.54, 1.807) is 12.1 Å². The van der Waals surface area contributed by atoms with Crippen molar-refractivity contribution in [2.45, 2.75) is 19.3 Å². The minimum Gasteiger partial charge on any atom is -0.300 e. The van der Waals surface area contributed by atoms with Crippen LogP contribution in [0.2, 0.25) is 0 Å². The van der Waals surface area contributed by atoms with Crippen LogP contribution in [0, 0.1) is 11.7 Å². The zero-order valence-corrected chi connectivity index (χ0v) is 10.2. The van der Waals surface area contributed by atoms with Crippen molar-refractivity contribution in [1.29, 1.82) is 0 Å². The van der Waals surface area contributed by atoms with Crippen LogP contribution in [0.5, 0.6) is 0 Å². The van der Waals surface area contributed by atoms with Crippen molar-refractivity contribution in [2.24, 2.45) is 5.92 Å². The molecule has 1 aromatic rings. The standard InChI is InChI=1S/C15H20FN/c1-2-8-17-9-6-13(7-10-17)11-14-4-3-5-15(16)12-14/h2-5,12-13H,1,6-11H2. The highest BCUT2D eigenvalue weighted by atomic mass is 19.1. The van der Waals surface area contributed by atoms with Crippen LogP contribution in [0.15, 0.2) is 36.9 Å². The molecule has 0 radical (unpaired) electrons. The maximum atomic E-state index is 13.1. The molecule has 0 unspecified atom stereocenters. The fraction of sp³-hybridized carbons (Fsp3) is 0.467. The van der Waals surface area contributed by atoms with Gasteiger partial charge in [-0.25, -0.2) is 4.39 Å². The molecule has 1 nitrogen and oxygen atoms in total. The van der Waals surface area contributed by atoms with Crippen LogP contribution in [0.1, 0.15) is 18.4 Å². The quantitative estimate of drug-likeness (QED) is 0.721. The van der Waals surface area contributed by atoms with E-state index in [2.05, 4.69) is 11.5 Å². The molecule has 1 fully saturated rings. The first kappa shape index (κ1) is 12.3. The third-order valence-electron chi connectivity index (χ3n) is 3.51. The highest BCUT2D eigenvalue weighted by Crippen LogP contribution is 2.21. The Balaban J connectivity index is 1.83. The molecular formula is C15H20FN. The zero-order chi connectivity index (χ0) is 12.1. The molecule has 1 aliphatic rings. The van der Waals surface area contributed by atoms with Gasteiger partial charge in [-0.05, 0) is 56.0 Å². The highest BCUT2D eigenvalue weighted by Gasteiger charge is 2.18. The molecule has 0 N–H and O–H groups in total. The monoisotopic (exact) mass is 233 g/mol. The van der Waals surface area contributed by atoms with Gasteiger partial charge in [0.1, 0.15) is 5.82 Å². The van der Waals surface area contributed by atoms with Gasteiger partial charge in [0.25, 0.3) is 0 Å². The van der Waals surface area contributed by atoms with Crippen LogP contribution in [0.25, 0.3) is 0 Å². The number of rotatable bonds is 4. The lowest BCUT2D eigenvalue weighted by molar-refractivity contribution is 0.200. The Morgan fingerprint density at radius 2 is 2.12 bits per heavy atom. The van der Waals surface area contributed by atoms with E-state index in [1.165, 1.54) is 18.9 Å². The van der Waals surface area contributed by atoms with E-state index in [1.807, 2.05) is 12.1 Å². The van der Waals surface area contributed by atoms with Gasteiger partial charge in [0, 0.05) is 6.54 Å². The summed E-state index contributed by atoms with van der Waals surface area (Å²) >= 11 is 0. The Kier molecular flexibility index (Phi) is 4.32. The average molecular weight is 233 g/mol. The SMILES string of the molecule is C=CCN1CCC(Cc2cccc(F)c2)CC1. The topological polar surface area (TPSA) is 3.24 Å². The molecule has 1 aliphatic heterocycles. The van der Waals surface area contributed by atoms with Crippen LogP contribution in [-0.4, -0.2) is 24.5 Å². The van der Waals surface area contributed by atoms with E-state index in [4.69, 9.17) is 0 Å². The summed E-state index contributed by atoms with van der Waals surface area (Å²) in [7, 11) is 0. The summed E-state index contributed by atoms with van der Waals surface area (Å²) in [5, 5.41) is 0. The van der Waals surface area contributed by atoms with Gasteiger partial charge in [0.15, 0.2) is 0 Å². The van der Waals surface area contributed by atoms with Crippen molar-refractivity contribution in [1.82, 2.24) is 4.90 Å². The molecule has 17 heavy (non-hydrogen) atoms. The molecule has 2 heteroatoms. The molecular weight excluding hydrogens is 213 g/mol. The van der Waals surface area contributed by atoms with Crippen molar-refractivity contribution in [2.75, 3.05) is 19.6 Å². The molecule has 1 heterocycles. The summed E-state index contributed by atoms with van der Waals surface area (Å²) in [6.07, 6.45) is 5.40. The van der Waals surface area contributed by atoms with Crippen molar-refractivity contribution in [3.05, 3.63) is 48.3 Å². The molecule has 0 aliphatic carbocycles. The maximum absolute atomic E-state index is 13.1. The number of likely N-dealkylation sites (tertiary alicyclic amines) is 1. The van der Waals surface area contributed by atoms with Gasteiger partial charge in [0.05, 0.1) is 0 Å². The van der Waals surface area contributed by atoms with Gasteiger partial charge in [-0.3, -0.25) is 4.90 Å². The second-order valence-electron chi connectivity index (χ2n) is 4.87. The van der Waals surface area contributed by atoms with Crippen molar-refractivity contribution in [3.8, 4) is 0 Å². The predicted molar refractivity (Wildman–Crippen MR) is 69.5 cm³/mol. The van der Waals surface area contributed by atoms with Crippen molar-refractivity contribution >= 4 is 0 Å². The molecule has 0 atom stereocenters. The van der Waals surface area contributed by atoms with Gasteiger partial charge in [-0.1, -0.05) is 18.2 Å². The van der Waals surface area contributed by atoms with E-state index in [0.29, 0.717) is 5.92 Å². The van der Waals surface area contributed by atoms with Gasteiger partial charge >= 0.3 is 0 Å². The fourth-order valence-corrected chi connectivity index (χ4v) is 2.55. The molecule has 0 bridgehead atoms. The average Bonchev–Trinajstić information content (AvgIpc) is 2.32. The lowest BCUT2D eigenvalue weighted by Gasteiger charge is -2.31.